The maximum absolute atomic E-state index is 13.8. The van der Waals surface area contributed by atoms with Crippen LogP contribution < -0.4 is 10.6 Å². The van der Waals surface area contributed by atoms with Gasteiger partial charge < -0.3 is 20.1 Å². The van der Waals surface area contributed by atoms with Crippen LogP contribution in [0.3, 0.4) is 0 Å². The maximum Gasteiger partial charge on any atom is 0.249 e. The third-order valence-electron chi connectivity index (χ3n) is 4.44. The maximum atomic E-state index is 13.8. The second kappa shape index (κ2) is 8.25. The largest absolute Gasteiger partial charge is 0.372 e. The van der Waals surface area contributed by atoms with Crippen LogP contribution in [0.15, 0.2) is 18.2 Å². The van der Waals surface area contributed by atoms with E-state index in [4.69, 9.17) is 21.1 Å². The fourth-order valence-corrected chi connectivity index (χ4v) is 3.27. The first-order valence-electron chi connectivity index (χ1n) is 8.31. The smallest absolute Gasteiger partial charge is 0.249 e. The van der Waals surface area contributed by atoms with Crippen molar-refractivity contribution in [3.8, 4) is 0 Å². The van der Waals surface area contributed by atoms with E-state index in [9.17, 15) is 9.18 Å². The summed E-state index contributed by atoms with van der Waals surface area (Å²) >= 11 is 5.76. The Bertz CT molecular complexity index is 581. The normalized spacial score (nSPS) is 27.7. The van der Waals surface area contributed by atoms with E-state index in [1.807, 2.05) is 0 Å². The number of ether oxygens (including phenoxy) is 2. The van der Waals surface area contributed by atoms with E-state index >= 15 is 0 Å². The molecular weight excluding hydrogens is 335 g/mol. The van der Waals surface area contributed by atoms with Gasteiger partial charge >= 0.3 is 0 Å². The lowest BCUT2D eigenvalue weighted by atomic mass is 9.95. The topological polar surface area (TPSA) is 59.6 Å². The Balaban J connectivity index is 1.67. The molecule has 3 atom stereocenters. The van der Waals surface area contributed by atoms with Crippen molar-refractivity contribution < 1.29 is 18.7 Å². The zero-order valence-electron chi connectivity index (χ0n) is 13.4. The molecule has 1 aromatic rings. The summed E-state index contributed by atoms with van der Waals surface area (Å²) in [5.74, 6) is -0.548. The van der Waals surface area contributed by atoms with E-state index in [1.165, 1.54) is 12.1 Å². The highest BCUT2D eigenvalue weighted by molar-refractivity contribution is 6.30. The zero-order chi connectivity index (χ0) is 16.9. The van der Waals surface area contributed by atoms with E-state index in [0.717, 1.165) is 24.9 Å². The molecule has 0 aliphatic carbocycles. The number of benzene rings is 1. The summed E-state index contributed by atoms with van der Waals surface area (Å²) in [7, 11) is 0. The first kappa shape index (κ1) is 17.6. The van der Waals surface area contributed by atoms with Gasteiger partial charge in [0.15, 0.2) is 0 Å². The van der Waals surface area contributed by atoms with Gasteiger partial charge in [0.05, 0.1) is 17.7 Å². The van der Waals surface area contributed by atoms with E-state index in [0.29, 0.717) is 26.3 Å². The summed E-state index contributed by atoms with van der Waals surface area (Å²) < 4.78 is 25.1. The van der Waals surface area contributed by atoms with Gasteiger partial charge in [-0.05, 0) is 30.5 Å². The Morgan fingerprint density at radius 2 is 2.25 bits per heavy atom. The van der Waals surface area contributed by atoms with Crippen molar-refractivity contribution >= 4 is 17.5 Å². The Hall–Kier alpha value is -1.21. The lowest BCUT2D eigenvalue weighted by Gasteiger charge is -2.26. The number of hydrogen-bond acceptors (Lipinski definition) is 4. The van der Waals surface area contributed by atoms with Crippen LogP contribution in [0.2, 0.25) is 5.02 Å². The van der Waals surface area contributed by atoms with Crippen LogP contribution in [0.1, 0.15) is 24.5 Å². The van der Waals surface area contributed by atoms with Crippen molar-refractivity contribution in [1.82, 2.24) is 10.6 Å². The summed E-state index contributed by atoms with van der Waals surface area (Å²) in [5.41, 5.74) is 0.733. The van der Waals surface area contributed by atoms with Gasteiger partial charge in [0, 0.05) is 32.2 Å². The van der Waals surface area contributed by atoms with Gasteiger partial charge in [0.1, 0.15) is 11.9 Å². The fraction of sp³-hybridized carbons (Fsp3) is 0.588. The highest BCUT2D eigenvalue weighted by atomic mass is 35.5. The van der Waals surface area contributed by atoms with Gasteiger partial charge in [-0.2, -0.15) is 0 Å². The molecule has 1 amide bonds. The molecule has 3 rings (SSSR count). The van der Waals surface area contributed by atoms with Crippen molar-refractivity contribution in [2.75, 3.05) is 32.8 Å². The molecule has 1 unspecified atom stereocenters. The molecule has 1 aromatic carbocycles. The number of halogens is 2. The molecule has 0 spiro atoms. The molecule has 2 N–H and O–H groups in total. The predicted molar refractivity (Wildman–Crippen MR) is 88.4 cm³/mol. The van der Waals surface area contributed by atoms with Gasteiger partial charge in [-0.3, -0.25) is 4.79 Å². The minimum Gasteiger partial charge on any atom is -0.372 e. The van der Waals surface area contributed by atoms with E-state index in [1.54, 1.807) is 6.07 Å². The molecule has 132 valence electrons. The van der Waals surface area contributed by atoms with Gasteiger partial charge in [-0.1, -0.05) is 17.7 Å². The Morgan fingerprint density at radius 3 is 3.00 bits per heavy atom. The van der Waals surface area contributed by atoms with Crippen molar-refractivity contribution in [2.45, 2.75) is 25.0 Å². The first-order chi connectivity index (χ1) is 11.6. The van der Waals surface area contributed by atoms with Crippen LogP contribution in [0, 0.1) is 11.7 Å². The molecule has 2 aliphatic heterocycles. The van der Waals surface area contributed by atoms with Gasteiger partial charge in [-0.15, -0.1) is 0 Å². The molecule has 0 aromatic heterocycles. The standard InChI is InChI=1S/C17H22ClFN2O3/c18-13-4-3-11(8-14(13)19)16-12(9-20-5-7-24-16)10-21-17(22)15-2-1-6-23-15/h3-4,8,12,15-16,20H,1-2,5-7,9-10H2,(H,21,22)/t12-,15?,16-/m0/s1. The molecule has 0 radical (unpaired) electrons. The second-order valence-electron chi connectivity index (χ2n) is 6.18. The van der Waals surface area contributed by atoms with Gasteiger partial charge in [0.25, 0.3) is 0 Å². The second-order valence-corrected chi connectivity index (χ2v) is 6.58. The SMILES string of the molecule is O=C(NC[C@@H]1CNCCO[C@H]1c1ccc(Cl)c(F)c1)C1CCCO1. The lowest BCUT2D eigenvalue weighted by molar-refractivity contribution is -0.130. The molecule has 0 bridgehead atoms. The summed E-state index contributed by atoms with van der Waals surface area (Å²) in [6.45, 7) is 3.02. The fourth-order valence-electron chi connectivity index (χ4n) is 3.16. The summed E-state index contributed by atoms with van der Waals surface area (Å²) in [5, 5.41) is 6.32. The Kier molecular flexibility index (Phi) is 6.05. The van der Waals surface area contributed by atoms with Crippen LogP contribution in [0.4, 0.5) is 4.39 Å². The number of rotatable bonds is 4. The highest BCUT2D eigenvalue weighted by Crippen LogP contribution is 2.29. The monoisotopic (exact) mass is 356 g/mol. The molecule has 0 saturated carbocycles. The average Bonchev–Trinajstić information content (AvgIpc) is 3.02. The molecule has 2 fully saturated rings. The quantitative estimate of drug-likeness (QED) is 0.867. The van der Waals surface area contributed by atoms with Crippen molar-refractivity contribution in [2.24, 2.45) is 5.92 Å². The number of carbonyl (C=O) groups excluding carboxylic acids is 1. The molecule has 2 heterocycles. The summed E-state index contributed by atoms with van der Waals surface area (Å²) in [6, 6.07) is 4.72. The van der Waals surface area contributed by atoms with E-state index in [-0.39, 0.29) is 29.1 Å². The Labute approximate surface area is 145 Å². The Morgan fingerprint density at radius 1 is 1.38 bits per heavy atom. The summed E-state index contributed by atoms with van der Waals surface area (Å²) in [6.07, 6.45) is 1.03. The van der Waals surface area contributed by atoms with Crippen molar-refractivity contribution in [1.29, 1.82) is 0 Å². The molecule has 2 saturated heterocycles. The highest BCUT2D eigenvalue weighted by Gasteiger charge is 2.29. The van der Waals surface area contributed by atoms with Crippen molar-refractivity contribution in [3.05, 3.63) is 34.6 Å². The van der Waals surface area contributed by atoms with Crippen LogP contribution in [-0.2, 0) is 14.3 Å². The summed E-state index contributed by atoms with van der Waals surface area (Å²) in [4.78, 5) is 12.1. The number of hydrogen-bond donors (Lipinski definition) is 2. The molecule has 2 aliphatic rings. The third-order valence-corrected chi connectivity index (χ3v) is 4.75. The number of nitrogens with one attached hydrogen (secondary N) is 2. The minimum absolute atomic E-state index is 0.00146. The van der Waals surface area contributed by atoms with Crippen LogP contribution in [-0.4, -0.2) is 44.9 Å². The lowest BCUT2D eigenvalue weighted by Crippen LogP contribution is -2.40. The number of amides is 1. The predicted octanol–water partition coefficient (Wildman–Crippen LogP) is 2.05. The van der Waals surface area contributed by atoms with Gasteiger partial charge in [-0.25, -0.2) is 4.39 Å². The first-order valence-corrected chi connectivity index (χ1v) is 8.69. The average molecular weight is 357 g/mol. The zero-order valence-corrected chi connectivity index (χ0v) is 14.2. The molecule has 5 nitrogen and oxygen atoms in total. The molecule has 7 heteroatoms. The van der Waals surface area contributed by atoms with Crippen molar-refractivity contribution in [3.63, 3.8) is 0 Å². The minimum atomic E-state index is -0.461. The van der Waals surface area contributed by atoms with Crippen LogP contribution >= 0.6 is 11.6 Å². The van der Waals surface area contributed by atoms with E-state index < -0.39 is 5.82 Å². The number of carbonyl (C=O) groups is 1. The molecule has 24 heavy (non-hydrogen) atoms. The van der Waals surface area contributed by atoms with Crippen LogP contribution in [0.25, 0.3) is 0 Å². The van der Waals surface area contributed by atoms with Crippen LogP contribution in [0.5, 0.6) is 0 Å². The molecular formula is C17H22ClFN2O3. The third kappa shape index (κ3) is 4.25. The van der Waals surface area contributed by atoms with E-state index in [2.05, 4.69) is 10.6 Å². The van der Waals surface area contributed by atoms with Gasteiger partial charge in [0.2, 0.25) is 5.91 Å².